The van der Waals surface area contributed by atoms with Gasteiger partial charge in [0.2, 0.25) is 0 Å². The van der Waals surface area contributed by atoms with Crippen molar-refractivity contribution >= 4 is 5.91 Å². The van der Waals surface area contributed by atoms with Crippen molar-refractivity contribution in [3.05, 3.63) is 70.3 Å². The van der Waals surface area contributed by atoms with Crippen molar-refractivity contribution in [3.63, 3.8) is 0 Å². The molecule has 5 rings (SSSR count). The first-order valence-electron chi connectivity index (χ1n) is 12.6. The van der Waals surface area contributed by atoms with E-state index in [-0.39, 0.29) is 30.5 Å². The van der Waals surface area contributed by atoms with E-state index in [0.717, 1.165) is 24.5 Å². The van der Waals surface area contributed by atoms with Gasteiger partial charge in [-0.25, -0.2) is 9.07 Å². The maximum absolute atomic E-state index is 15.3. The monoisotopic (exact) mass is 537 g/mol. The van der Waals surface area contributed by atoms with Gasteiger partial charge in [-0.05, 0) is 39.1 Å². The fourth-order valence-electron chi connectivity index (χ4n) is 4.94. The van der Waals surface area contributed by atoms with E-state index >= 15 is 4.39 Å². The topological polar surface area (TPSA) is 117 Å². The molecule has 1 aliphatic heterocycles. The van der Waals surface area contributed by atoms with Crippen molar-refractivity contribution in [2.45, 2.75) is 46.1 Å². The number of hydrogen-bond donors (Lipinski definition) is 1. The van der Waals surface area contributed by atoms with E-state index in [1.54, 1.807) is 37.2 Å². The molecule has 0 aliphatic carbocycles. The lowest BCUT2D eigenvalue weighted by molar-refractivity contribution is 0.0945. The number of fused-ring (bicyclic) bond motifs is 1. The molecular formula is C26H32FN9O3. The summed E-state index contributed by atoms with van der Waals surface area (Å²) in [6.45, 7) is 6.14. The number of halogens is 1. The predicted octanol–water partition coefficient (Wildman–Crippen LogP) is 2.25. The Labute approximate surface area is 225 Å². The van der Waals surface area contributed by atoms with Crippen LogP contribution in [0.4, 0.5) is 4.39 Å². The maximum atomic E-state index is 15.3. The van der Waals surface area contributed by atoms with Gasteiger partial charge in [-0.2, -0.15) is 10.2 Å². The van der Waals surface area contributed by atoms with Gasteiger partial charge in [0.1, 0.15) is 5.69 Å². The van der Waals surface area contributed by atoms with Gasteiger partial charge in [0.05, 0.1) is 60.8 Å². The van der Waals surface area contributed by atoms with Crippen molar-refractivity contribution in [3.8, 4) is 11.4 Å². The van der Waals surface area contributed by atoms with Crippen LogP contribution in [0, 0.1) is 12.7 Å². The molecule has 4 aromatic rings. The minimum Gasteiger partial charge on any atom is -0.494 e. The first kappa shape index (κ1) is 26.5. The van der Waals surface area contributed by atoms with Crippen molar-refractivity contribution in [2.24, 2.45) is 0 Å². The summed E-state index contributed by atoms with van der Waals surface area (Å²) in [6.07, 6.45) is 3.35. The van der Waals surface area contributed by atoms with E-state index in [4.69, 9.17) is 14.6 Å². The minimum absolute atomic E-state index is 0.0657. The Morgan fingerprint density at radius 3 is 2.77 bits per heavy atom. The van der Waals surface area contributed by atoms with Crippen molar-refractivity contribution in [1.29, 1.82) is 0 Å². The zero-order valence-corrected chi connectivity index (χ0v) is 22.7. The van der Waals surface area contributed by atoms with Gasteiger partial charge in [-0.15, -0.1) is 5.10 Å². The number of nitrogens with one attached hydrogen (secondary N) is 1. The van der Waals surface area contributed by atoms with E-state index in [0.29, 0.717) is 29.2 Å². The fraction of sp³-hybridized carbons (Fsp3) is 0.423. The fourth-order valence-corrected chi connectivity index (χ4v) is 4.94. The lowest BCUT2D eigenvalue weighted by Crippen LogP contribution is -2.33. The Bertz CT molecular complexity index is 1490. The molecule has 0 saturated heterocycles. The van der Waals surface area contributed by atoms with Crippen LogP contribution in [0.1, 0.15) is 51.7 Å². The number of aromatic nitrogens is 7. The molecule has 1 N–H and O–H groups in total. The highest BCUT2D eigenvalue weighted by Gasteiger charge is 2.23. The van der Waals surface area contributed by atoms with Gasteiger partial charge in [0, 0.05) is 38.5 Å². The molecule has 0 bridgehead atoms. The Balaban J connectivity index is 1.37. The average molecular weight is 538 g/mol. The van der Waals surface area contributed by atoms with Crippen LogP contribution in [0.3, 0.4) is 0 Å². The number of amides is 1. The second-order valence-electron chi connectivity index (χ2n) is 9.80. The van der Waals surface area contributed by atoms with Crippen LogP contribution in [0.25, 0.3) is 5.69 Å². The third kappa shape index (κ3) is 5.40. The number of carbonyl (C=O) groups is 1. The van der Waals surface area contributed by atoms with E-state index < -0.39 is 11.7 Å². The van der Waals surface area contributed by atoms with Gasteiger partial charge in [0.15, 0.2) is 11.6 Å². The van der Waals surface area contributed by atoms with Crippen LogP contribution in [0.15, 0.2) is 30.6 Å². The van der Waals surface area contributed by atoms with Crippen LogP contribution in [-0.2, 0) is 31.0 Å². The SMILES string of the molecule is COCc1nn(Cc2cc3n(n2)C(C)CN(C)C3)cc1C(=O)NCc1c(-n2cc(C)nn2)ccc(OC)c1F. The average Bonchev–Trinajstić information content (AvgIpc) is 3.62. The van der Waals surface area contributed by atoms with Crippen molar-refractivity contribution < 1.29 is 18.7 Å². The molecular weight excluding hydrogens is 505 g/mol. The number of aryl methyl sites for hydroxylation is 1. The standard InChI is InChI=1S/C26H32FN9O3/c1-16-10-35(32-29-16)23-6-7-24(39-5)25(27)20(23)9-28-26(37)21-14-34(31-22(21)15-38-4)12-18-8-19-13-33(3)11-17(2)36(19)30-18/h6-8,10,14,17H,9,11-13,15H2,1-5H3,(H,28,37). The number of ether oxygens (including phenoxy) is 2. The third-order valence-electron chi connectivity index (χ3n) is 6.66. The molecule has 0 fully saturated rings. The highest BCUT2D eigenvalue weighted by molar-refractivity contribution is 5.95. The highest BCUT2D eigenvalue weighted by Crippen LogP contribution is 2.26. The molecule has 3 aromatic heterocycles. The van der Waals surface area contributed by atoms with Gasteiger partial charge in [-0.1, -0.05) is 5.21 Å². The molecule has 13 heteroatoms. The summed E-state index contributed by atoms with van der Waals surface area (Å²) in [5, 5.41) is 20.2. The number of nitrogens with zero attached hydrogens (tertiary/aromatic N) is 8. The predicted molar refractivity (Wildman–Crippen MR) is 139 cm³/mol. The lowest BCUT2D eigenvalue weighted by Gasteiger charge is -2.28. The molecule has 1 atom stereocenters. The molecule has 1 unspecified atom stereocenters. The second kappa shape index (κ2) is 10.9. The van der Waals surface area contributed by atoms with E-state index in [9.17, 15) is 4.79 Å². The van der Waals surface area contributed by atoms with Crippen molar-refractivity contribution in [1.82, 2.24) is 44.8 Å². The minimum atomic E-state index is -0.583. The molecule has 1 aliphatic rings. The van der Waals surface area contributed by atoms with Crippen molar-refractivity contribution in [2.75, 3.05) is 27.8 Å². The lowest BCUT2D eigenvalue weighted by atomic mass is 10.1. The zero-order chi connectivity index (χ0) is 27.7. The highest BCUT2D eigenvalue weighted by atomic mass is 19.1. The maximum Gasteiger partial charge on any atom is 0.255 e. The normalized spacial score (nSPS) is 15.4. The summed E-state index contributed by atoms with van der Waals surface area (Å²) in [6, 6.07) is 5.54. The number of rotatable bonds is 9. The third-order valence-corrected chi connectivity index (χ3v) is 6.66. The van der Waals surface area contributed by atoms with Crippen LogP contribution in [0.2, 0.25) is 0 Å². The molecule has 4 heterocycles. The molecule has 12 nitrogen and oxygen atoms in total. The van der Waals surface area contributed by atoms with Crippen LogP contribution < -0.4 is 10.1 Å². The summed E-state index contributed by atoms with van der Waals surface area (Å²) in [4.78, 5) is 15.6. The van der Waals surface area contributed by atoms with Crippen LogP contribution in [0.5, 0.6) is 5.75 Å². The Kier molecular flexibility index (Phi) is 7.44. The smallest absolute Gasteiger partial charge is 0.255 e. The summed E-state index contributed by atoms with van der Waals surface area (Å²) in [7, 11) is 5.02. The molecule has 0 radical (unpaired) electrons. The Hall–Kier alpha value is -4.10. The molecule has 39 heavy (non-hydrogen) atoms. The molecule has 0 spiro atoms. The first-order valence-corrected chi connectivity index (χ1v) is 12.6. The summed E-state index contributed by atoms with van der Waals surface area (Å²) in [5.74, 6) is -0.925. The largest absolute Gasteiger partial charge is 0.494 e. The second-order valence-corrected chi connectivity index (χ2v) is 9.80. The number of likely N-dealkylation sites (N-methyl/N-ethyl adjacent to an activating group) is 1. The Morgan fingerprint density at radius 1 is 1.23 bits per heavy atom. The van der Waals surface area contributed by atoms with Gasteiger partial charge < -0.3 is 14.8 Å². The Morgan fingerprint density at radius 2 is 2.05 bits per heavy atom. The summed E-state index contributed by atoms with van der Waals surface area (Å²) in [5.41, 5.74) is 4.17. The molecule has 1 aromatic carbocycles. The number of hydrogen-bond acceptors (Lipinski definition) is 8. The van der Waals surface area contributed by atoms with Gasteiger partial charge in [-0.3, -0.25) is 19.1 Å². The van der Waals surface area contributed by atoms with Gasteiger partial charge >= 0.3 is 0 Å². The number of methoxy groups -OCH3 is 2. The number of benzene rings is 1. The summed E-state index contributed by atoms with van der Waals surface area (Å²) < 4.78 is 30.9. The quantitative estimate of drug-likeness (QED) is 0.346. The first-order chi connectivity index (χ1) is 18.8. The molecule has 1 amide bonds. The zero-order valence-electron chi connectivity index (χ0n) is 22.7. The molecule has 206 valence electrons. The van der Waals surface area contributed by atoms with E-state index in [1.165, 1.54) is 17.9 Å². The van der Waals surface area contributed by atoms with E-state index in [2.05, 4.69) is 50.3 Å². The van der Waals surface area contributed by atoms with Crippen LogP contribution >= 0.6 is 0 Å². The summed E-state index contributed by atoms with van der Waals surface area (Å²) >= 11 is 0. The van der Waals surface area contributed by atoms with E-state index in [1.807, 2.05) is 0 Å². The van der Waals surface area contributed by atoms with Gasteiger partial charge in [0.25, 0.3) is 5.91 Å². The number of carbonyl (C=O) groups excluding carboxylic acids is 1. The molecule has 0 saturated carbocycles. The van der Waals surface area contributed by atoms with Crippen LogP contribution in [-0.4, -0.2) is 73.2 Å².